The first-order valence-electron chi connectivity index (χ1n) is 5.43. The molecule has 0 aromatic heterocycles. The van der Waals surface area contributed by atoms with Crippen molar-refractivity contribution < 1.29 is 9.18 Å². The summed E-state index contributed by atoms with van der Waals surface area (Å²) in [6.07, 6.45) is 0.781. The standard InChI is InChI=1S/C13H11ClFNO/c1-7-5-8(7)13(17)9(6-16)12-10(14)3-2-4-11(12)15/h2-4,7-9H,5H2,1H3. The molecule has 1 saturated carbocycles. The second kappa shape index (κ2) is 4.46. The van der Waals surface area contributed by atoms with E-state index >= 15 is 0 Å². The van der Waals surface area contributed by atoms with Crippen LogP contribution in [-0.4, -0.2) is 5.78 Å². The van der Waals surface area contributed by atoms with Crippen molar-refractivity contribution in [1.29, 1.82) is 5.26 Å². The Labute approximate surface area is 104 Å². The fraction of sp³-hybridized carbons (Fsp3) is 0.385. The van der Waals surface area contributed by atoms with E-state index in [0.717, 1.165) is 6.42 Å². The van der Waals surface area contributed by atoms with Crippen LogP contribution < -0.4 is 0 Å². The van der Waals surface area contributed by atoms with Crippen LogP contribution in [0, 0.1) is 29.0 Å². The van der Waals surface area contributed by atoms with E-state index in [0.29, 0.717) is 5.92 Å². The van der Waals surface area contributed by atoms with Gasteiger partial charge in [-0.15, -0.1) is 0 Å². The normalized spacial score (nSPS) is 23.9. The molecule has 1 aromatic rings. The second-order valence-corrected chi connectivity index (χ2v) is 4.83. The number of rotatable bonds is 3. The Balaban J connectivity index is 2.36. The highest BCUT2D eigenvalue weighted by Crippen LogP contribution is 2.43. The minimum atomic E-state index is -1.08. The summed E-state index contributed by atoms with van der Waals surface area (Å²) >= 11 is 5.87. The summed E-state index contributed by atoms with van der Waals surface area (Å²) in [6, 6.07) is 6.04. The molecule has 2 rings (SSSR count). The topological polar surface area (TPSA) is 40.9 Å². The van der Waals surface area contributed by atoms with Crippen LogP contribution in [-0.2, 0) is 4.79 Å². The lowest BCUT2D eigenvalue weighted by Gasteiger charge is -2.11. The SMILES string of the molecule is CC1CC1C(=O)C(C#N)c1c(F)cccc1Cl. The van der Waals surface area contributed by atoms with E-state index in [-0.39, 0.29) is 22.3 Å². The van der Waals surface area contributed by atoms with Crippen molar-refractivity contribution in [2.24, 2.45) is 11.8 Å². The summed E-state index contributed by atoms with van der Waals surface area (Å²) in [5.74, 6) is -1.71. The number of ketones is 1. The molecule has 0 spiro atoms. The van der Waals surface area contributed by atoms with Crippen molar-refractivity contribution >= 4 is 17.4 Å². The Morgan fingerprint density at radius 2 is 2.29 bits per heavy atom. The van der Waals surface area contributed by atoms with Gasteiger partial charge in [0.05, 0.1) is 6.07 Å². The van der Waals surface area contributed by atoms with E-state index < -0.39 is 11.7 Å². The van der Waals surface area contributed by atoms with Crippen LogP contribution in [0.15, 0.2) is 18.2 Å². The molecular formula is C13H11ClFNO. The van der Waals surface area contributed by atoms with Crippen LogP contribution >= 0.6 is 11.6 Å². The van der Waals surface area contributed by atoms with Crippen molar-refractivity contribution in [2.75, 3.05) is 0 Å². The zero-order chi connectivity index (χ0) is 12.6. The highest BCUT2D eigenvalue weighted by Gasteiger charge is 2.43. The molecule has 0 amide bonds. The zero-order valence-corrected chi connectivity index (χ0v) is 10.0. The molecule has 1 aliphatic rings. The van der Waals surface area contributed by atoms with E-state index in [4.69, 9.17) is 16.9 Å². The summed E-state index contributed by atoms with van der Waals surface area (Å²) in [5.41, 5.74) is 0.0146. The van der Waals surface area contributed by atoms with Gasteiger partial charge in [-0.2, -0.15) is 5.26 Å². The average molecular weight is 252 g/mol. The number of halogens is 2. The van der Waals surface area contributed by atoms with Crippen LogP contribution in [0.3, 0.4) is 0 Å². The number of Topliss-reactive ketones (excluding diaryl/α,β-unsaturated/α-hetero) is 1. The lowest BCUT2D eigenvalue weighted by atomic mass is 9.92. The third kappa shape index (κ3) is 2.18. The van der Waals surface area contributed by atoms with Gasteiger partial charge in [-0.25, -0.2) is 4.39 Å². The van der Waals surface area contributed by atoms with E-state index in [2.05, 4.69) is 0 Å². The summed E-state index contributed by atoms with van der Waals surface area (Å²) in [7, 11) is 0. The maximum Gasteiger partial charge on any atom is 0.157 e. The van der Waals surface area contributed by atoms with E-state index in [1.165, 1.54) is 18.2 Å². The van der Waals surface area contributed by atoms with E-state index in [9.17, 15) is 9.18 Å². The second-order valence-electron chi connectivity index (χ2n) is 4.42. The lowest BCUT2D eigenvalue weighted by Crippen LogP contribution is -2.15. The van der Waals surface area contributed by atoms with Gasteiger partial charge in [0.2, 0.25) is 0 Å². The highest BCUT2D eigenvalue weighted by atomic mass is 35.5. The molecule has 0 N–H and O–H groups in total. The van der Waals surface area contributed by atoms with Crippen LogP contribution in [0.1, 0.15) is 24.8 Å². The summed E-state index contributed by atoms with van der Waals surface area (Å²) in [4.78, 5) is 12.0. The molecule has 3 unspecified atom stereocenters. The number of carbonyl (C=O) groups is 1. The van der Waals surface area contributed by atoms with Gasteiger partial charge >= 0.3 is 0 Å². The average Bonchev–Trinajstić information content (AvgIpc) is 3.00. The maximum atomic E-state index is 13.6. The van der Waals surface area contributed by atoms with Crippen LogP contribution in [0.5, 0.6) is 0 Å². The molecule has 1 aromatic carbocycles. The smallest absolute Gasteiger partial charge is 0.157 e. The largest absolute Gasteiger partial charge is 0.298 e. The molecule has 1 aliphatic carbocycles. The number of carbonyl (C=O) groups excluding carboxylic acids is 1. The minimum Gasteiger partial charge on any atom is -0.298 e. The first-order valence-corrected chi connectivity index (χ1v) is 5.81. The number of nitriles is 1. The number of hydrogen-bond acceptors (Lipinski definition) is 2. The van der Waals surface area contributed by atoms with E-state index in [1.807, 2.05) is 13.0 Å². The summed E-state index contributed by atoms with van der Waals surface area (Å²) in [6.45, 7) is 1.94. The fourth-order valence-corrected chi connectivity index (χ4v) is 2.26. The molecule has 0 saturated heterocycles. The molecule has 0 radical (unpaired) electrons. The van der Waals surface area contributed by atoms with Crippen LogP contribution in [0.2, 0.25) is 5.02 Å². The number of nitrogens with zero attached hydrogens (tertiary/aromatic N) is 1. The molecule has 1 fully saturated rings. The molecule has 3 atom stereocenters. The van der Waals surface area contributed by atoms with Gasteiger partial charge in [-0.3, -0.25) is 4.79 Å². The fourth-order valence-electron chi connectivity index (χ4n) is 1.99. The Morgan fingerprint density at radius 1 is 1.65 bits per heavy atom. The van der Waals surface area contributed by atoms with Crippen molar-refractivity contribution in [3.8, 4) is 6.07 Å². The quantitative estimate of drug-likeness (QED) is 0.827. The van der Waals surface area contributed by atoms with Crippen molar-refractivity contribution in [2.45, 2.75) is 19.3 Å². The van der Waals surface area contributed by atoms with Gasteiger partial charge in [-0.05, 0) is 24.5 Å². The molecule has 0 bridgehead atoms. The van der Waals surface area contributed by atoms with Gasteiger partial charge in [0, 0.05) is 16.5 Å². The van der Waals surface area contributed by atoms with Gasteiger partial charge in [-0.1, -0.05) is 24.6 Å². The highest BCUT2D eigenvalue weighted by molar-refractivity contribution is 6.31. The Morgan fingerprint density at radius 3 is 2.76 bits per heavy atom. The van der Waals surface area contributed by atoms with Crippen molar-refractivity contribution in [1.82, 2.24) is 0 Å². The maximum absolute atomic E-state index is 13.6. The predicted octanol–water partition coefficient (Wildman–Crippen LogP) is 3.31. The zero-order valence-electron chi connectivity index (χ0n) is 9.28. The predicted molar refractivity (Wildman–Crippen MR) is 62.0 cm³/mol. The molecule has 17 heavy (non-hydrogen) atoms. The first-order chi connectivity index (χ1) is 8.06. The third-order valence-electron chi connectivity index (χ3n) is 3.18. The van der Waals surface area contributed by atoms with Crippen LogP contribution in [0.4, 0.5) is 4.39 Å². The Bertz CT molecular complexity index is 488. The number of benzene rings is 1. The molecule has 2 nitrogen and oxygen atoms in total. The van der Waals surface area contributed by atoms with Gasteiger partial charge in [0.25, 0.3) is 0 Å². The van der Waals surface area contributed by atoms with Gasteiger partial charge < -0.3 is 0 Å². The van der Waals surface area contributed by atoms with Gasteiger partial charge in [0.1, 0.15) is 11.7 Å². The summed E-state index contributed by atoms with van der Waals surface area (Å²) in [5, 5.41) is 9.20. The Hall–Kier alpha value is -1.40. The van der Waals surface area contributed by atoms with Gasteiger partial charge in [0.15, 0.2) is 5.78 Å². The van der Waals surface area contributed by atoms with E-state index in [1.54, 1.807) is 0 Å². The third-order valence-corrected chi connectivity index (χ3v) is 3.51. The molecule has 88 valence electrons. The van der Waals surface area contributed by atoms with Crippen molar-refractivity contribution in [3.63, 3.8) is 0 Å². The lowest BCUT2D eigenvalue weighted by molar-refractivity contribution is -0.120. The Kier molecular flexibility index (Phi) is 3.17. The molecular weight excluding hydrogens is 241 g/mol. The monoisotopic (exact) mass is 251 g/mol. The van der Waals surface area contributed by atoms with Crippen LogP contribution in [0.25, 0.3) is 0 Å². The summed E-state index contributed by atoms with van der Waals surface area (Å²) < 4.78 is 13.6. The first kappa shape index (κ1) is 12.1. The van der Waals surface area contributed by atoms with Crippen molar-refractivity contribution in [3.05, 3.63) is 34.6 Å². The molecule has 0 aliphatic heterocycles. The minimum absolute atomic E-state index is 0.0146. The molecule has 4 heteroatoms. The number of hydrogen-bond donors (Lipinski definition) is 0. The molecule has 0 heterocycles.